The molecule has 1 saturated carbocycles. The first-order chi connectivity index (χ1) is 10.5. The van der Waals surface area contributed by atoms with E-state index in [0.29, 0.717) is 6.42 Å². The number of ether oxygens (including phenoxy) is 2. The smallest absolute Gasteiger partial charge is 0.353 e. The zero-order chi connectivity index (χ0) is 17.9. The molecule has 23 heavy (non-hydrogen) atoms. The summed E-state index contributed by atoms with van der Waals surface area (Å²) in [6.07, 6.45) is -14.3. The zero-order valence-corrected chi connectivity index (χ0v) is 12.8. The third kappa shape index (κ3) is 3.59. The maximum Gasteiger partial charge on any atom is 0.429 e. The van der Waals surface area contributed by atoms with Gasteiger partial charge in [0.05, 0.1) is 0 Å². The standard InChI is InChI=1S/C13H20F6O4/c1-3-21-9(2)22-11(12(14,15)16,13(17,18)19)10(23-20)7-5-4-6-8-10/h9,20H,3-8H2,1-2H3. The van der Waals surface area contributed by atoms with Gasteiger partial charge in [0.1, 0.15) is 0 Å². The van der Waals surface area contributed by atoms with Crippen LogP contribution in [0.4, 0.5) is 26.3 Å². The molecule has 1 unspecified atom stereocenters. The van der Waals surface area contributed by atoms with Crippen molar-refractivity contribution in [3.8, 4) is 0 Å². The van der Waals surface area contributed by atoms with Crippen molar-refractivity contribution < 1.29 is 46.0 Å². The minimum absolute atomic E-state index is 0.0425. The Balaban J connectivity index is 3.49. The van der Waals surface area contributed by atoms with Gasteiger partial charge in [-0.2, -0.15) is 26.3 Å². The maximum atomic E-state index is 13.6. The lowest BCUT2D eigenvalue weighted by molar-refractivity contribution is -0.490. The van der Waals surface area contributed by atoms with Crippen molar-refractivity contribution in [1.82, 2.24) is 0 Å². The van der Waals surface area contributed by atoms with Gasteiger partial charge in [0, 0.05) is 6.61 Å². The SMILES string of the molecule is CCOC(C)OC(C(F)(F)F)(C(F)(F)F)C1(OO)CCCCC1. The monoisotopic (exact) mass is 354 g/mol. The van der Waals surface area contributed by atoms with E-state index in [4.69, 9.17) is 9.99 Å². The Kier molecular flexibility index (Phi) is 6.33. The quantitative estimate of drug-likeness (QED) is 0.332. The molecule has 1 atom stereocenters. The molecule has 1 fully saturated rings. The Hall–Kier alpha value is -0.580. The molecule has 0 spiro atoms. The molecule has 4 nitrogen and oxygen atoms in total. The molecule has 0 saturated heterocycles. The van der Waals surface area contributed by atoms with E-state index in [9.17, 15) is 26.3 Å². The highest BCUT2D eigenvalue weighted by Crippen LogP contribution is 2.57. The molecule has 1 aliphatic rings. The maximum absolute atomic E-state index is 13.6. The van der Waals surface area contributed by atoms with E-state index in [0.717, 1.165) is 6.92 Å². The van der Waals surface area contributed by atoms with Crippen LogP contribution in [-0.4, -0.2) is 41.7 Å². The molecule has 0 aromatic rings. The molecule has 138 valence electrons. The van der Waals surface area contributed by atoms with E-state index >= 15 is 0 Å². The Bertz CT molecular complexity index is 362. The van der Waals surface area contributed by atoms with Gasteiger partial charge in [0.15, 0.2) is 11.9 Å². The fourth-order valence-corrected chi connectivity index (χ4v) is 3.07. The molecule has 0 amide bonds. The fraction of sp³-hybridized carbons (Fsp3) is 1.00. The molecule has 10 heteroatoms. The second-order valence-electron chi connectivity index (χ2n) is 5.46. The summed E-state index contributed by atoms with van der Waals surface area (Å²) in [5.41, 5.74) is -7.65. The lowest BCUT2D eigenvalue weighted by atomic mass is 9.71. The van der Waals surface area contributed by atoms with Crippen LogP contribution in [0.15, 0.2) is 0 Å². The minimum atomic E-state index is -5.86. The highest BCUT2D eigenvalue weighted by Gasteiger charge is 2.82. The average molecular weight is 354 g/mol. The molecule has 0 bridgehead atoms. The average Bonchev–Trinajstić information content (AvgIpc) is 2.43. The number of alkyl halides is 6. The Labute approximate surface area is 129 Å². The van der Waals surface area contributed by atoms with Crippen LogP contribution in [0.2, 0.25) is 0 Å². The predicted octanol–water partition coefficient (Wildman–Crippen LogP) is 4.44. The molecule has 0 aromatic heterocycles. The van der Waals surface area contributed by atoms with Crippen LogP contribution < -0.4 is 0 Å². The predicted molar refractivity (Wildman–Crippen MR) is 66.5 cm³/mol. The van der Waals surface area contributed by atoms with Crippen molar-refractivity contribution in [2.24, 2.45) is 0 Å². The van der Waals surface area contributed by atoms with Crippen molar-refractivity contribution in [2.75, 3.05) is 6.61 Å². The lowest BCUT2D eigenvalue weighted by Crippen LogP contribution is -2.74. The van der Waals surface area contributed by atoms with Crippen LogP contribution in [0.5, 0.6) is 0 Å². The van der Waals surface area contributed by atoms with Crippen molar-refractivity contribution >= 4 is 0 Å². The minimum Gasteiger partial charge on any atom is -0.353 e. The van der Waals surface area contributed by atoms with E-state index in [1.807, 2.05) is 0 Å². The first-order valence-corrected chi connectivity index (χ1v) is 7.23. The van der Waals surface area contributed by atoms with Gasteiger partial charge in [-0.1, -0.05) is 19.3 Å². The normalized spacial score (nSPS) is 21.3. The first-order valence-electron chi connectivity index (χ1n) is 7.23. The molecule has 1 aliphatic carbocycles. The van der Waals surface area contributed by atoms with Gasteiger partial charge in [-0.3, -0.25) is 5.26 Å². The molecule has 0 radical (unpaired) electrons. The van der Waals surface area contributed by atoms with Gasteiger partial charge in [-0.05, 0) is 26.7 Å². The highest BCUT2D eigenvalue weighted by atomic mass is 19.4. The van der Waals surface area contributed by atoms with E-state index in [-0.39, 0.29) is 19.4 Å². The Morgan fingerprint density at radius 2 is 1.48 bits per heavy atom. The van der Waals surface area contributed by atoms with Crippen molar-refractivity contribution in [1.29, 1.82) is 0 Å². The van der Waals surface area contributed by atoms with E-state index in [1.165, 1.54) is 6.92 Å². The van der Waals surface area contributed by atoms with E-state index in [1.54, 1.807) is 0 Å². The molecular formula is C13H20F6O4. The summed E-state index contributed by atoms with van der Waals surface area (Å²) >= 11 is 0. The summed E-state index contributed by atoms with van der Waals surface area (Å²) in [6, 6.07) is 0. The first kappa shape index (κ1) is 20.5. The molecule has 0 aliphatic heterocycles. The second-order valence-corrected chi connectivity index (χ2v) is 5.46. The molecule has 0 heterocycles. The van der Waals surface area contributed by atoms with Crippen molar-refractivity contribution in [3.63, 3.8) is 0 Å². The zero-order valence-electron chi connectivity index (χ0n) is 12.8. The van der Waals surface area contributed by atoms with Crippen LogP contribution in [0.25, 0.3) is 0 Å². The van der Waals surface area contributed by atoms with Gasteiger partial charge in [0.25, 0.3) is 5.60 Å². The summed E-state index contributed by atoms with van der Waals surface area (Å²) in [6.45, 7) is 2.20. The molecule has 0 aromatic carbocycles. The van der Waals surface area contributed by atoms with Crippen molar-refractivity contribution in [2.45, 2.75) is 75.8 Å². The number of halogens is 6. The largest absolute Gasteiger partial charge is 0.429 e. The fourth-order valence-electron chi connectivity index (χ4n) is 3.07. The second kappa shape index (κ2) is 7.12. The van der Waals surface area contributed by atoms with Crippen LogP contribution in [0.3, 0.4) is 0 Å². The summed E-state index contributed by atoms with van der Waals surface area (Å²) in [5.74, 6) is 0. The number of rotatable bonds is 6. The van der Waals surface area contributed by atoms with Gasteiger partial charge in [0.2, 0.25) is 0 Å². The van der Waals surface area contributed by atoms with Gasteiger partial charge < -0.3 is 9.47 Å². The topological polar surface area (TPSA) is 47.9 Å². The molecule has 1 rings (SSSR count). The summed E-state index contributed by atoms with van der Waals surface area (Å²) in [5, 5.41) is 9.03. The molecule has 1 N–H and O–H groups in total. The van der Waals surface area contributed by atoms with E-state index < -0.39 is 42.7 Å². The van der Waals surface area contributed by atoms with Crippen molar-refractivity contribution in [3.05, 3.63) is 0 Å². The molecular weight excluding hydrogens is 334 g/mol. The van der Waals surface area contributed by atoms with Gasteiger partial charge in [-0.15, -0.1) is 0 Å². The van der Waals surface area contributed by atoms with E-state index in [2.05, 4.69) is 9.62 Å². The van der Waals surface area contributed by atoms with Gasteiger partial charge in [-0.25, -0.2) is 4.89 Å². The van der Waals surface area contributed by atoms with Crippen LogP contribution in [0.1, 0.15) is 46.0 Å². The Morgan fingerprint density at radius 1 is 1.00 bits per heavy atom. The Morgan fingerprint density at radius 3 is 1.83 bits per heavy atom. The number of hydrogen-bond donors (Lipinski definition) is 1. The third-order valence-corrected chi connectivity index (χ3v) is 4.02. The summed E-state index contributed by atoms with van der Waals surface area (Å²) in [7, 11) is 0. The summed E-state index contributed by atoms with van der Waals surface area (Å²) < 4.78 is 90.7. The van der Waals surface area contributed by atoms with Crippen LogP contribution in [0, 0.1) is 0 Å². The van der Waals surface area contributed by atoms with Crippen LogP contribution >= 0.6 is 0 Å². The number of hydrogen-bond acceptors (Lipinski definition) is 4. The van der Waals surface area contributed by atoms with Crippen LogP contribution in [-0.2, 0) is 14.4 Å². The lowest BCUT2D eigenvalue weighted by Gasteiger charge is -2.50. The third-order valence-electron chi connectivity index (χ3n) is 4.02. The van der Waals surface area contributed by atoms with Gasteiger partial charge >= 0.3 is 12.4 Å². The summed E-state index contributed by atoms with van der Waals surface area (Å²) in [4.78, 5) is 3.86. The highest BCUT2D eigenvalue weighted by molar-refractivity contribution is 5.12.